The maximum Gasteiger partial charge on any atom is 0.342 e. The second kappa shape index (κ2) is 9.01. The zero-order chi connectivity index (χ0) is 19.9. The van der Waals surface area contributed by atoms with E-state index in [0.717, 1.165) is 11.8 Å². The van der Waals surface area contributed by atoms with Crippen molar-refractivity contribution in [2.75, 3.05) is 6.61 Å². The SMILES string of the molecule is C=CCOc1ccc(C=C(Sc2nnc(-c3ccc(F)cc3)o2)C(=O)O)cc1. The van der Waals surface area contributed by atoms with Crippen LogP contribution >= 0.6 is 11.8 Å². The summed E-state index contributed by atoms with van der Waals surface area (Å²) in [7, 11) is 0. The molecule has 0 unspecified atom stereocenters. The maximum atomic E-state index is 13.0. The highest BCUT2D eigenvalue weighted by atomic mass is 32.2. The van der Waals surface area contributed by atoms with Crippen molar-refractivity contribution >= 4 is 23.8 Å². The van der Waals surface area contributed by atoms with Crippen molar-refractivity contribution in [2.45, 2.75) is 5.22 Å². The number of carboxylic acid groups (broad SMARTS) is 1. The number of rotatable bonds is 8. The van der Waals surface area contributed by atoms with Crippen molar-refractivity contribution in [3.05, 3.63) is 77.5 Å². The van der Waals surface area contributed by atoms with Gasteiger partial charge >= 0.3 is 5.97 Å². The third kappa shape index (κ3) is 5.08. The summed E-state index contributed by atoms with van der Waals surface area (Å²) in [6, 6.07) is 12.5. The highest BCUT2D eigenvalue weighted by molar-refractivity contribution is 8.03. The number of carboxylic acids is 1. The summed E-state index contributed by atoms with van der Waals surface area (Å²) >= 11 is 0.831. The van der Waals surface area contributed by atoms with Gasteiger partial charge in [0.2, 0.25) is 5.89 Å². The standard InChI is InChI=1S/C20H15FN2O4S/c1-2-11-26-16-9-3-13(4-10-16)12-17(19(24)25)28-20-23-22-18(27-20)14-5-7-15(21)8-6-14/h2-10,12H,1,11H2,(H,24,25). The van der Waals surface area contributed by atoms with Crippen LogP contribution in [0.25, 0.3) is 17.5 Å². The van der Waals surface area contributed by atoms with Gasteiger partial charge in [-0.3, -0.25) is 0 Å². The number of halogens is 1. The van der Waals surface area contributed by atoms with Crippen LogP contribution in [0.1, 0.15) is 5.56 Å². The normalized spacial score (nSPS) is 11.2. The smallest absolute Gasteiger partial charge is 0.342 e. The molecule has 3 aromatic rings. The molecule has 0 aliphatic heterocycles. The molecule has 8 heteroatoms. The highest BCUT2D eigenvalue weighted by Gasteiger charge is 2.16. The van der Waals surface area contributed by atoms with Crippen molar-refractivity contribution in [3.63, 3.8) is 0 Å². The van der Waals surface area contributed by atoms with Crippen LogP contribution in [-0.2, 0) is 4.79 Å². The monoisotopic (exact) mass is 398 g/mol. The Kier molecular flexibility index (Phi) is 6.23. The summed E-state index contributed by atoms with van der Waals surface area (Å²) in [5.41, 5.74) is 1.21. The largest absolute Gasteiger partial charge is 0.490 e. The minimum Gasteiger partial charge on any atom is -0.490 e. The molecule has 142 valence electrons. The van der Waals surface area contributed by atoms with Crippen LogP contribution in [0.15, 0.2) is 75.7 Å². The van der Waals surface area contributed by atoms with Crippen molar-refractivity contribution in [1.29, 1.82) is 0 Å². The van der Waals surface area contributed by atoms with Crippen molar-refractivity contribution in [3.8, 4) is 17.2 Å². The third-order valence-electron chi connectivity index (χ3n) is 3.45. The molecule has 1 heterocycles. The minimum atomic E-state index is -1.13. The first-order chi connectivity index (χ1) is 13.5. The van der Waals surface area contributed by atoms with E-state index in [9.17, 15) is 14.3 Å². The number of carbonyl (C=O) groups is 1. The van der Waals surface area contributed by atoms with Crippen molar-refractivity contribution < 1.29 is 23.4 Å². The fourth-order valence-corrected chi connectivity index (χ4v) is 2.83. The van der Waals surface area contributed by atoms with Gasteiger partial charge in [0.25, 0.3) is 5.22 Å². The van der Waals surface area contributed by atoms with Crippen LogP contribution in [0.4, 0.5) is 4.39 Å². The summed E-state index contributed by atoms with van der Waals surface area (Å²) in [4.78, 5) is 11.6. The van der Waals surface area contributed by atoms with Gasteiger partial charge in [0.1, 0.15) is 23.1 Å². The second-order valence-corrected chi connectivity index (χ2v) is 6.46. The average molecular weight is 398 g/mol. The molecule has 6 nitrogen and oxygen atoms in total. The molecular formula is C20H15FN2O4S. The number of benzene rings is 2. The summed E-state index contributed by atoms with van der Waals surface area (Å²) in [5.74, 6) is -0.674. The second-order valence-electron chi connectivity index (χ2n) is 5.46. The summed E-state index contributed by atoms with van der Waals surface area (Å²) in [5, 5.41) is 17.2. The molecule has 0 fully saturated rings. The Bertz CT molecular complexity index is 998. The summed E-state index contributed by atoms with van der Waals surface area (Å²) < 4.78 is 23.9. The van der Waals surface area contributed by atoms with Gasteiger partial charge in [-0.2, -0.15) is 0 Å². The first kappa shape index (κ1) is 19.4. The van der Waals surface area contributed by atoms with E-state index in [0.29, 0.717) is 23.5 Å². The molecule has 0 amide bonds. The van der Waals surface area contributed by atoms with Gasteiger partial charge in [-0.25, -0.2) is 9.18 Å². The molecule has 0 bridgehead atoms. The van der Waals surface area contributed by atoms with E-state index in [1.165, 1.54) is 30.3 Å². The van der Waals surface area contributed by atoms with Crippen LogP contribution in [0.3, 0.4) is 0 Å². The number of aromatic nitrogens is 2. The van der Waals surface area contributed by atoms with E-state index in [1.54, 1.807) is 30.3 Å². The Morgan fingerprint density at radius 1 is 1.18 bits per heavy atom. The predicted octanol–water partition coefficient (Wildman–Crippen LogP) is 4.66. The van der Waals surface area contributed by atoms with Crippen molar-refractivity contribution in [2.24, 2.45) is 0 Å². The number of nitrogens with zero attached hydrogens (tertiary/aromatic N) is 2. The zero-order valence-electron chi connectivity index (χ0n) is 14.5. The molecule has 2 aromatic carbocycles. The third-order valence-corrected chi connectivity index (χ3v) is 4.30. The molecule has 0 saturated carbocycles. The summed E-state index contributed by atoms with van der Waals surface area (Å²) in [6.07, 6.45) is 3.13. The lowest BCUT2D eigenvalue weighted by Crippen LogP contribution is -1.97. The molecular weight excluding hydrogens is 383 g/mol. The zero-order valence-corrected chi connectivity index (χ0v) is 15.4. The van der Waals surface area contributed by atoms with Crippen LogP contribution in [0.2, 0.25) is 0 Å². The molecule has 28 heavy (non-hydrogen) atoms. The van der Waals surface area contributed by atoms with Gasteiger partial charge in [-0.15, -0.1) is 10.2 Å². The fourth-order valence-electron chi connectivity index (χ4n) is 2.16. The molecule has 1 aromatic heterocycles. The lowest BCUT2D eigenvalue weighted by Gasteiger charge is -2.03. The lowest BCUT2D eigenvalue weighted by molar-refractivity contribution is -0.131. The molecule has 0 saturated heterocycles. The Hall–Kier alpha value is -3.39. The number of hydrogen-bond donors (Lipinski definition) is 1. The number of thioether (sulfide) groups is 1. The Balaban J connectivity index is 1.76. The molecule has 3 rings (SSSR count). The topological polar surface area (TPSA) is 85.5 Å². The minimum absolute atomic E-state index is 0.00839. The Labute approximate surface area is 164 Å². The van der Waals surface area contributed by atoms with E-state index in [2.05, 4.69) is 16.8 Å². The molecule has 1 N–H and O–H groups in total. The quantitative estimate of drug-likeness (QED) is 0.336. The predicted molar refractivity (Wildman–Crippen MR) is 103 cm³/mol. The van der Waals surface area contributed by atoms with Crippen LogP contribution in [0, 0.1) is 5.82 Å². The molecule has 0 spiro atoms. The highest BCUT2D eigenvalue weighted by Crippen LogP contribution is 2.30. The summed E-state index contributed by atoms with van der Waals surface area (Å²) in [6.45, 7) is 3.97. The van der Waals surface area contributed by atoms with Crippen LogP contribution < -0.4 is 4.74 Å². The van der Waals surface area contributed by atoms with Gasteiger partial charge in [0, 0.05) is 5.56 Å². The maximum absolute atomic E-state index is 13.0. The number of ether oxygens (including phenoxy) is 1. The molecule has 0 radical (unpaired) electrons. The van der Waals surface area contributed by atoms with Gasteiger partial charge in [-0.05, 0) is 59.8 Å². The van der Waals surface area contributed by atoms with E-state index in [-0.39, 0.29) is 21.8 Å². The van der Waals surface area contributed by atoms with Gasteiger partial charge in [0.15, 0.2) is 0 Å². The average Bonchev–Trinajstić information content (AvgIpc) is 3.16. The first-order valence-corrected chi connectivity index (χ1v) is 8.93. The van der Waals surface area contributed by atoms with E-state index in [1.807, 2.05) is 0 Å². The van der Waals surface area contributed by atoms with Gasteiger partial charge in [-0.1, -0.05) is 24.8 Å². The van der Waals surface area contributed by atoms with Gasteiger partial charge in [0.05, 0.1) is 0 Å². The lowest BCUT2D eigenvalue weighted by atomic mass is 10.2. The van der Waals surface area contributed by atoms with E-state index < -0.39 is 5.97 Å². The first-order valence-electron chi connectivity index (χ1n) is 8.11. The van der Waals surface area contributed by atoms with Gasteiger partial charge < -0.3 is 14.3 Å². The van der Waals surface area contributed by atoms with Crippen LogP contribution in [-0.4, -0.2) is 27.9 Å². The molecule has 0 atom stereocenters. The van der Waals surface area contributed by atoms with Crippen molar-refractivity contribution in [1.82, 2.24) is 10.2 Å². The van der Waals surface area contributed by atoms with E-state index >= 15 is 0 Å². The molecule has 0 aliphatic carbocycles. The van der Waals surface area contributed by atoms with E-state index in [4.69, 9.17) is 9.15 Å². The number of hydrogen-bond acceptors (Lipinski definition) is 6. The Morgan fingerprint density at radius 3 is 2.54 bits per heavy atom. The number of aliphatic carboxylic acids is 1. The molecule has 0 aliphatic rings. The Morgan fingerprint density at radius 2 is 1.89 bits per heavy atom. The fraction of sp³-hybridized carbons (Fsp3) is 0.0500. The van der Waals surface area contributed by atoms with Crippen LogP contribution in [0.5, 0.6) is 5.75 Å².